The van der Waals surface area contributed by atoms with Gasteiger partial charge in [-0.1, -0.05) is 69.6 Å². The second-order valence-electron chi connectivity index (χ2n) is 6.71. The molecule has 144 valence electrons. The summed E-state index contributed by atoms with van der Waals surface area (Å²) in [7, 11) is 0. The Balaban J connectivity index is 1.64. The molecule has 0 bridgehead atoms. The lowest BCUT2D eigenvalue weighted by Crippen LogP contribution is -2.10. The van der Waals surface area contributed by atoms with Gasteiger partial charge in [0, 0.05) is 6.42 Å². The lowest BCUT2D eigenvalue weighted by atomic mass is 10.1. The fourth-order valence-corrected chi connectivity index (χ4v) is 3.90. The number of anilines is 1. The predicted octanol–water partition coefficient (Wildman–Crippen LogP) is 6.55. The van der Waals surface area contributed by atoms with E-state index in [9.17, 15) is 4.79 Å². The van der Waals surface area contributed by atoms with E-state index >= 15 is 0 Å². The van der Waals surface area contributed by atoms with Crippen molar-refractivity contribution in [2.45, 2.75) is 78.1 Å². The van der Waals surface area contributed by atoms with Gasteiger partial charge in [-0.25, -0.2) is 4.98 Å². The first kappa shape index (κ1) is 20.7. The molecule has 1 heterocycles. The van der Waals surface area contributed by atoms with E-state index in [-0.39, 0.29) is 5.91 Å². The highest BCUT2D eigenvalue weighted by atomic mass is 32.1. The van der Waals surface area contributed by atoms with Gasteiger partial charge in [0.05, 0.1) is 16.8 Å². The number of thiazole rings is 1. The molecule has 1 N–H and O–H groups in total. The average Bonchev–Trinajstić information content (AvgIpc) is 3.02. The van der Waals surface area contributed by atoms with E-state index in [4.69, 9.17) is 4.74 Å². The third-order valence-electron chi connectivity index (χ3n) is 4.42. The summed E-state index contributed by atoms with van der Waals surface area (Å²) in [6.45, 7) is 4.86. The molecule has 26 heavy (non-hydrogen) atoms. The number of fused-ring (bicyclic) bond motifs is 1. The van der Waals surface area contributed by atoms with Gasteiger partial charge in [-0.15, -0.1) is 0 Å². The van der Waals surface area contributed by atoms with Crippen LogP contribution in [0.15, 0.2) is 18.2 Å². The largest absolute Gasteiger partial charge is 0.494 e. The average molecular weight is 377 g/mol. The number of unbranched alkanes of at least 4 members (excludes halogenated alkanes) is 8. The SMILES string of the molecule is CCCCCCCCCCCC(=O)Nc1nc2ccc(OCC)cc2s1. The number of nitrogens with zero attached hydrogens (tertiary/aromatic N) is 1. The summed E-state index contributed by atoms with van der Waals surface area (Å²) in [6, 6.07) is 5.83. The summed E-state index contributed by atoms with van der Waals surface area (Å²) < 4.78 is 6.54. The maximum absolute atomic E-state index is 12.1. The van der Waals surface area contributed by atoms with E-state index < -0.39 is 0 Å². The molecule has 0 atom stereocenters. The highest BCUT2D eigenvalue weighted by Gasteiger charge is 2.08. The van der Waals surface area contributed by atoms with Crippen LogP contribution in [-0.4, -0.2) is 17.5 Å². The molecule has 0 saturated heterocycles. The minimum Gasteiger partial charge on any atom is -0.494 e. The van der Waals surface area contributed by atoms with Gasteiger partial charge >= 0.3 is 0 Å². The van der Waals surface area contributed by atoms with E-state index in [2.05, 4.69) is 17.2 Å². The Bertz CT molecular complexity index is 669. The highest BCUT2D eigenvalue weighted by molar-refractivity contribution is 7.22. The Hall–Kier alpha value is -1.62. The van der Waals surface area contributed by atoms with Gasteiger partial charge in [-0.2, -0.15) is 0 Å². The minimum atomic E-state index is 0.0667. The fourth-order valence-electron chi connectivity index (χ4n) is 2.99. The molecule has 0 unspecified atom stereocenters. The van der Waals surface area contributed by atoms with Crippen molar-refractivity contribution < 1.29 is 9.53 Å². The first-order valence-electron chi connectivity index (χ1n) is 10.1. The van der Waals surface area contributed by atoms with Gasteiger partial charge < -0.3 is 10.1 Å². The van der Waals surface area contributed by atoms with Gasteiger partial charge in [-0.05, 0) is 31.5 Å². The van der Waals surface area contributed by atoms with E-state index in [1.807, 2.05) is 25.1 Å². The smallest absolute Gasteiger partial charge is 0.226 e. The molecular formula is C21H32N2O2S. The minimum absolute atomic E-state index is 0.0667. The van der Waals surface area contributed by atoms with Crippen molar-refractivity contribution in [2.24, 2.45) is 0 Å². The number of ether oxygens (including phenoxy) is 1. The van der Waals surface area contributed by atoms with Gasteiger partial charge in [0.1, 0.15) is 5.75 Å². The highest BCUT2D eigenvalue weighted by Crippen LogP contribution is 2.29. The number of carbonyl (C=O) groups excluding carboxylic acids is 1. The third-order valence-corrected chi connectivity index (χ3v) is 5.36. The van der Waals surface area contributed by atoms with Crippen molar-refractivity contribution in [2.75, 3.05) is 11.9 Å². The predicted molar refractivity (Wildman–Crippen MR) is 111 cm³/mol. The Labute approximate surface area is 161 Å². The van der Waals surface area contributed by atoms with Crippen molar-refractivity contribution >= 4 is 32.6 Å². The second kappa shape index (κ2) is 11.9. The molecule has 4 nitrogen and oxygen atoms in total. The van der Waals surface area contributed by atoms with Crippen molar-refractivity contribution in [1.29, 1.82) is 0 Å². The number of benzene rings is 1. The molecule has 0 radical (unpaired) electrons. The quantitative estimate of drug-likeness (QED) is 0.403. The summed E-state index contributed by atoms with van der Waals surface area (Å²) in [5.41, 5.74) is 0.900. The summed E-state index contributed by atoms with van der Waals surface area (Å²) >= 11 is 1.50. The van der Waals surface area contributed by atoms with Crippen molar-refractivity contribution in [3.05, 3.63) is 18.2 Å². The van der Waals surface area contributed by atoms with Crippen LogP contribution >= 0.6 is 11.3 Å². The lowest BCUT2D eigenvalue weighted by molar-refractivity contribution is -0.116. The van der Waals surface area contributed by atoms with Crippen LogP contribution in [0.1, 0.15) is 78.1 Å². The van der Waals surface area contributed by atoms with Crippen LogP contribution in [0, 0.1) is 0 Å². The van der Waals surface area contributed by atoms with Crippen LogP contribution in [0.3, 0.4) is 0 Å². The zero-order valence-corrected chi connectivity index (χ0v) is 17.0. The van der Waals surface area contributed by atoms with Crippen LogP contribution in [0.5, 0.6) is 5.75 Å². The summed E-state index contributed by atoms with van der Waals surface area (Å²) in [6.07, 6.45) is 11.9. The molecule has 0 fully saturated rings. The van der Waals surface area contributed by atoms with Crippen LogP contribution in [-0.2, 0) is 4.79 Å². The summed E-state index contributed by atoms with van der Waals surface area (Å²) in [4.78, 5) is 16.6. The third kappa shape index (κ3) is 7.32. The lowest BCUT2D eigenvalue weighted by Gasteiger charge is -2.02. The maximum Gasteiger partial charge on any atom is 0.226 e. The summed E-state index contributed by atoms with van der Waals surface area (Å²) in [5.74, 6) is 0.910. The van der Waals surface area contributed by atoms with Gasteiger partial charge in [0.15, 0.2) is 5.13 Å². The Morgan fingerprint density at radius 1 is 1.04 bits per heavy atom. The first-order valence-corrected chi connectivity index (χ1v) is 10.9. The zero-order chi connectivity index (χ0) is 18.6. The maximum atomic E-state index is 12.1. The van der Waals surface area contributed by atoms with Gasteiger partial charge in [0.25, 0.3) is 0 Å². The number of nitrogens with one attached hydrogen (secondary N) is 1. The molecule has 0 spiro atoms. The monoisotopic (exact) mass is 376 g/mol. The number of rotatable bonds is 13. The Kier molecular flexibility index (Phi) is 9.46. The molecule has 0 aliphatic carbocycles. The van der Waals surface area contributed by atoms with Crippen LogP contribution < -0.4 is 10.1 Å². The van der Waals surface area contributed by atoms with E-state index in [0.29, 0.717) is 18.2 Å². The first-order chi connectivity index (χ1) is 12.7. The molecule has 2 aromatic rings. The molecule has 1 amide bonds. The Morgan fingerprint density at radius 2 is 1.73 bits per heavy atom. The van der Waals surface area contributed by atoms with E-state index in [1.165, 1.54) is 56.3 Å². The number of aromatic nitrogens is 1. The van der Waals surface area contributed by atoms with Crippen molar-refractivity contribution in [3.8, 4) is 5.75 Å². The zero-order valence-electron chi connectivity index (χ0n) is 16.2. The number of amides is 1. The van der Waals surface area contributed by atoms with Gasteiger partial charge in [0.2, 0.25) is 5.91 Å². The molecule has 0 saturated carbocycles. The molecule has 5 heteroatoms. The van der Waals surface area contributed by atoms with E-state index in [1.54, 1.807) is 0 Å². The molecule has 0 aliphatic heterocycles. The number of carbonyl (C=O) groups is 1. The molecule has 1 aromatic heterocycles. The number of hydrogen-bond acceptors (Lipinski definition) is 4. The topological polar surface area (TPSA) is 51.2 Å². The normalized spacial score (nSPS) is 11.0. The fraction of sp³-hybridized carbons (Fsp3) is 0.619. The molecule has 1 aromatic carbocycles. The van der Waals surface area contributed by atoms with E-state index in [0.717, 1.165) is 28.8 Å². The number of hydrogen-bond donors (Lipinski definition) is 1. The Morgan fingerprint density at radius 3 is 2.42 bits per heavy atom. The van der Waals surface area contributed by atoms with Crippen LogP contribution in [0.2, 0.25) is 0 Å². The standard InChI is InChI=1S/C21H32N2O2S/c1-3-5-6-7-8-9-10-11-12-13-20(24)23-21-22-18-15-14-17(25-4-2)16-19(18)26-21/h14-16H,3-13H2,1-2H3,(H,22,23,24). The summed E-state index contributed by atoms with van der Waals surface area (Å²) in [5, 5.41) is 3.61. The van der Waals surface area contributed by atoms with Crippen molar-refractivity contribution in [1.82, 2.24) is 4.98 Å². The van der Waals surface area contributed by atoms with Crippen molar-refractivity contribution in [3.63, 3.8) is 0 Å². The molecule has 2 rings (SSSR count). The molecular weight excluding hydrogens is 344 g/mol. The van der Waals surface area contributed by atoms with Crippen LogP contribution in [0.4, 0.5) is 5.13 Å². The second-order valence-corrected chi connectivity index (χ2v) is 7.74. The van der Waals surface area contributed by atoms with Crippen LogP contribution in [0.25, 0.3) is 10.2 Å². The van der Waals surface area contributed by atoms with Gasteiger partial charge in [-0.3, -0.25) is 4.79 Å². The molecule has 0 aliphatic rings.